The highest BCUT2D eigenvalue weighted by Gasteiger charge is 2.27. The number of allylic oxidation sites excluding steroid dienone is 2. The van der Waals surface area contributed by atoms with Gasteiger partial charge < -0.3 is 10.6 Å². The third-order valence-electron chi connectivity index (χ3n) is 6.12. The number of fused-ring (bicyclic) bond motifs is 3. The van der Waals surface area contributed by atoms with Crippen LogP contribution in [-0.2, 0) is 6.54 Å². The van der Waals surface area contributed by atoms with Gasteiger partial charge in [-0.1, -0.05) is 29.5 Å². The summed E-state index contributed by atoms with van der Waals surface area (Å²) in [5.74, 6) is -0.147. The molecule has 5 rings (SSSR count). The fourth-order valence-electron chi connectivity index (χ4n) is 4.60. The van der Waals surface area contributed by atoms with Gasteiger partial charge in [0.05, 0.1) is 11.4 Å². The van der Waals surface area contributed by atoms with E-state index in [9.17, 15) is 4.39 Å². The second kappa shape index (κ2) is 7.69. The Morgan fingerprint density at radius 3 is 3.00 bits per heavy atom. The van der Waals surface area contributed by atoms with Crippen LogP contribution in [-0.4, -0.2) is 34.1 Å². The van der Waals surface area contributed by atoms with E-state index in [4.69, 9.17) is 0 Å². The monoisotopic (exact) mass is 391 g/mol. The summed E-state index contributed by atoms with van der Waals surface area (Å²) >= 11 is 0. The summed E-state index contributed by atoms with van der Waals surface area (Å²) in [4.78, 5) is 0. The molecule has 1 aromatic heterocycles. The van der Waals surface area contributed by atoms with Gasteiger partial charge in [0, 0.05) is 30.7 Å². The summed E-state index contributed by atoms with van der Waals surface area (Å²) in [6.07, 6.45) is 10.1. The molecule has 0 radical (unpaired) electrons. The van der Waals surface area contributed by atoms with Crippen LogP contribution in [0.2, 0.25) is 0 Å². The first-order valence-corrected chi connectivity index (χ1v) is 10.4. The molecular formula is C23H26FN5. The third-order valence-corrected chi connectivity index (χ3v) is 6.12. The number of aryl methyl sites for hydroxylation is 2. The van der Waals surface area contributed by atoms with Crippen molar-refractivity contribution in [3.05, 3.63) is 65.2 Å². The number of nitrogens with zero attached hydrogens (tertiary/aromatic N) is 3. The Bertz CT molecular complexity index is 1020. The molecule has 0 saturated carbocycles. The Morgan fingerprint density at radius 1 is 1.28 bits per heavy atom. The summed E-state index contributed by atoms with van der Waals surface area (Å²) in [7, 11) is 0. The molecule has 2 atom stereocenters. The normalized spacial score (nSPS) is 23.7. The van der Waals surface area contributed by atoms with E-state index in [1.807, 2.05) is 17.7 Å². The van der Waals surface area contributed by atoms with Gasteiger partial charge in [0.25, 0.3) is 0 Å². The summed E-state index contributed by atoms with van der Waals surface area (Å²) in [5, 5.41) is 15.8. The topological polar surface area (TPSA) is 54.8 Å². The van der Waals surface area contributed by atoms with Gasteiger partial charge in [-0.05, 0) is 67.6 Å². The van der Waals surface area contributed by atoms with Gasteiger partial charge in [-0.15, -0.1) is 5.10 Å². The lowest BCUT2D eigenvalue weighted by atomic mass is 9.90. The molecule has 6 heteroatoms. The molecule has 1 aromatic carbocycles. The minimum absolute atomic E-state index is 0.138. The lowest BCUT2D eigenvalue weighted by Gasteiger charge is -2.26. The van der Waals surface area contributed by atoms with Crippen LogP contribution in [0.25, 0.3) is 16.8 Å². The molecule has 0 saturated heterocycles. The highest BCUT2D eigenvalue weighted by atomic mass is 19.1. The molecule has 0 amide bonds. The van der Waals surface area contributed by atoms with E-state index in [2.05, 4.69) is 45.2 Å². The van der Waals surface area contributed by atoms with Crippen LogP contribution in [0.15, 0.2) is 48.3 Å². The fourth-order valence-corrected chi connectivity index (χ4v) is 4.60. The highest BCUT2D eigenvalue weighted by molar-refractivity contribution is 5.74. The van der Waals surface area contributed by atoms with Crippen molar-refractivity contribution >= 4 is 5.57 Å². The molecule has 3 aliphatic rings. The Kier molecular flexibility index (Phi) is 4.89. The van der Waals surface area contributed by atoms with Gasteiger partial charge in [-0.25, -0.2) is 9.07 Å². The molecular weight excluding hydrogens is 365 g/mol. The van der Waals surface area contributed by atoms with Gasteiger partial charge >= 0.3 is 0 Å². The van der Waals surface area contributed by atoms with E-state index in [1.165, 1.54) is 22.3 Å². The molecule has 0 bridgehead atoms. The lowest BCUT2D eigenvalue weighted by molar-refractivity contribution is 0.423. The number of nitrogens with one attached hydrogen (secondary N) is 2. The number of halogens is 1. The molecule has 1 aliphatic carbocycles. The zero-order valence-electron chi connectivity index (χ0n) is 16.7. The van der Waals surface area contributed by atoms with Crippen molar-refractivity contribution in [2.45, 2.75) is 44.8 Å². The first-order chi connectivity index (χ1) is 14.2. The fraction of sp³-hybridized carbons (Fsp3) is 0.391. The molecule has 3 heterocycles. The molecule has 2 unspecified atom stereocenters. The SMILES string of the molecule is Cc1nnn2c1-c1ccc(C3=CCNCC3)cc1C(NC1C=CC(F)=CC1)CC2. The standard InChI is InChI=1S/C23H26FN5/c1-15-23-20-7-2-17(16-8-11-25-12-9-16)14-21(20)22(10-13-29(23)28-27-15)26-19-5-3-18(24)4-6-19/h2-5,7-8,14,19,22,25-26H,6,9-13H2,1H3. The van der Waals surface area contributed by atoms with Gasteiger partial charge in [0.1, 0.15) is 5.83 Å². The molecule has 2 aromatic rings. The maximum absolute atomic E-state index is 13.4. The summed E-state index contributed by atoms with van der Waals surface area (Å²) in [6.45, 7) is 4.78. The van der Waals surface area contributed by atoms with E-state index in [0.717, 1.165) is 43.9 Å². The van der Waals surface area contributed by atoms with Gasteiger partial charge in [-0.2, -0.15) is 0 Å². The highest BCUT2D eigenvalue weighted by Crippen LogP contribution is 2.37. The minimum Gasteiger partial charge on any atom is -0.313 e. The van der Waals surface area contributed by atoms with Crippen LogP contribution in [0.1, 0.15) is 42.1 Å². The molecule has 0 fully saturated rings. The van der Waals surface area contributed by atoms with E-state index in [1.54, 1.807) is 12.2 Å². The van der Waals surface area contributed by atoms with Crippen LogP contribution in [0.5, 0.6) is 0 Å². The largest absolute Gasteiger partial charge is 0.313 e. The second-order valence-electron chi connectivity index (χ2n) is 8.03. The Morgan fingerprint density at radius 2 is 2.21 bits per heavy atom. The van der Waals surface area contributed by atoms with Crippen LogP contribution >= 0.6 is 0 Å². The van der Waals surface area contributed by atoms with Crippen molar-refractivity contribution in [1.82, 2.24) is 25.6 Å². The zero-order chi connectivity index (χ0) is 19.8. The van der Waals surface area contributed by atoms with Gasteiger partial charge in [0.15, 0.2) is 0 Å². The van der Waals surface area contributed by atoms with E-state index >= 15 is 0 Å². The predicted molar refractivity (Wildman–Crippen MR) is 113 cm³/mol. The second-order valence-corrected chi connectivity index (χ2v) is 8.03. The molecule has 29 heavy (non-hydrogen) atoms. The van der Waals surface area contributed by atoms with E-state index in [0.29, 0.717) is 6.42 Å². The number of aromatic nitrogens is 3. The first kappa shape index (κ1) is 18.5. The van der Waals surface area contributed by atoms with E-state index in [-0.39, 0.29) is 17.9 Å². The van der Waals surface area contributed by atoms with Gasteiger partial charge in [-0.3, -0.25) is 0 Å². The van der Waals surface area contributed by atoms with Crippen LogP contribution in [0.3, 0.4) is 0 Å². The minimum atomic E-state index is -0.147. The van der Waals surface area contributed by atoms with E-state index < -0.39 is 0 Å². The van der Waals surface area contributed by atoms with Gasteiger partial charge in [0.2, 0.25) is 0 Å². The van der Waals surface area contributed by atoms with Crippen molar-refractivity contribution in [3.8, 4) is 11.3 Å². The Balaban J connectivity index is 1.55. The number of benzene rings is 1. The summed E-state index contributed by atoms with van der Waals surface area (Å²) in [6, 6.07) is 7.12. The van der Waals surface area contributed by atoms with Crippen LogP contribution in [0, 0.1) is 6.92 Å². The molecule has 2 aliphatic heterocycles. The molecule has 5 nitrogen and oxygen atoms in total. The summed E-state index contributed by atoms with van der Waals surface area (Å²) in [5.41, 5.74) is 7.25. The van der Waals surface area contributed by atoms with Crippen molar-refractivity contribution in [3.63, 3.8) is 0 Å². The summed E-state index contributed by atoms with van der Waals surface area (Å²) < 4.78 is 15.4. The van der Waals surface area contributed by atoms with Crippen molar-refractivity contribution in [1.29, 1.82) is 0 Å². The lowest BCUT2D eigenvalue weighted by Crippen LogP contribution is -2.32. The first-order valence-electron chi connectivity index (χ1n) is 10.4. The zero-order valence-corrected chi connectivity index (χ0v) is 16.7. The predicted octanol–water partition coefficient (Wildman–Crippen LogP) is 3.85. The van der Waals surface area contributed by atoms with Crippen molar-refractivity contribution in [2.75, 3.05) is 13.1 Å². The molecule has 2 N–H and O–H groups in total. The van der Waals surface area contributed by atoms with Crippen LogP contribution in [0.4, 0.5) is 4.39 Å². The number of hydrogen-bond donors (Lipinski definition) is 2. The Hall–Kier alpha value is -2.57. The number of rotatable bonds is 3. The maximum Gasteiger partial charge on any atom is 0.119 e. The Labute approximate surface area is 170 Å². The maximum atomic E-state index is 13.4. The molecule has 150 valence electrons. The third kappa shape index (κ3) is 3.58. The average molecular weight is 391 g/mol. The quantitative estimate of drug-likeness (QED) is 0.835. The number of hydrogen-bond acceptors (Lipinski definition) is 4. The average Bonchev–Trinajstić information content (AvgIpc) is 3.05. The molecule has 0 spiro atoms. The van der Waals surface area contributed by atoms with Crippen molar-refractivity contribution in [2.24, 2.45) is 0 Å². The van der Waals surface area contributed by atoms with Crippen molar-refractivity contribution < 1.29 is 4.39 Å². The smallest absolute Gasteiger partial charge is 0.119 e. The van der Waals surface area contributed by atoms with Crippen LogP contribution < -0.4 is 10.6 Å².